The topological polar surface area (TPSA) is 64.9 Å². The molecule has 0 bridgehead atoms. The summed E-state index contributed by atoms with van der Waals surface area (Å²) in [5, 5.41) is 4.83. The molecular formula is C12H21N3OS. The molecule has 5 heteroatoms. The van der Waals surface area contributed by atoms with E-state index in [1.165, 1.54) is 25.7 Å². The van der Waals surface area contributed by atoms with Crippen LogP contribution in [0.15, 0.2) is 4.52 Å². The van der Waals surface area contributed by atoms with Crippen molar-refractivity contribution in [3.05, 3.63) is 11.7 Å². The monoisotopic (exact) mass is 255 g/mol. The van der Waals surface area contributed by atoms with Crippen molar-refractivity contribution in [3.8, 4) is 0 Å². The van der Waals surface area contributed by atoms with Gasteiger partial charge in [0.25, 0.3) is 0 Å². The molecule has 0 aliphatic heterocycles. The first kappa shape index (κ1) is 12.9. The first-order valence-electron chi connectivity index (χ1n) is 6.51. The lowest BCUT2D eigenvalue weighted by molar-refractivity contribution is 0.371. The van der Waals surface area contributed by atoms with Gasteiger partial charge in [0.1, 0.15) is 0 Å². The molecule has 1 aromatic heterocycles. The third-order valence-corrected chi connectivity index (χ3v) is 4.47. The van der Waals surface area contributed by atoms with E-state index in [9.17, 15) is 0 Å². The number of unbranched alkanes of at least 4 members (excludes halogenated alkanes) is 1. The van der Waals surface area contributed by atoms with Crippen LogP contribution in [0.25, 0.3) is 0 Å². The predicted molar refractivity (Wildman–Crippen MR) is 69.8 cm³/mol. The zero-order chi connectivity index (χ0) is 11.9. The Morgan fingerprint density at radius 3 is 2.88 bits per heavy atom. The third kappa shape index (κ3) is 4.32. The highest BCUT2D eigenvalue weighted by Gasteiger charge is 2.16. The smallest absolute Gasteiger partial charge is 0.226 e. The molecular weight excluding hydrogens is 234 g/mol. The fraction of sp³-hybridized carbons (Fsp3) is 0.833. The molecule has 1 saturated carbocycles. The van der Waals surface area contributed by atoms with Gasteiger partial charge in [-0.15, -0.1) is 0 Å². The number of aryl methyl sites for hydroxylation is 1. The molecule has 1 heterocycles. The minimum Gasteiger partial charge on any atom is -0.339 e. The van der Waals surface area contributed by atoms with Gasteiger partial charge in [-0.1, -0.05) is 18.0 Å². The standard InChI is InChI=1S/C12H21N3OS/c13-8-4-3-7-12-14-11(15-16-12)9-17-10-5-1-2-6-10/h10H,1-9,13H2. The van der Waals surface area contributed by atoms with Crippen molar-refractivity contribution in [2.45, 2.75) is 55.9 Å². The Labute approximate surface area is 107 Å². The number of nitrogens with two attached hydrogens (primary N) is 1. The molecule has 0 saturated heterocycles. The number of hydrogen-bond acceptors (Lipinski definition) is 5. The van der Waals surface area contributed by atoms with E-state index in [-0.39, 0.29) is 0 Å². The fourth-order valence-corrected chi connectivity index (χ4v) is 3.29. The second-order valence-corrected chi connectivity index (χ2v) is 5.86. The van der Waals surface area contributed by atoms with Gasteiger partial charge in [0.15, 0.2) is 5.82 Å². The fourth-order valence-electron chi connectivity index (χ4n) is 2.12. The van der Waals surface area contributed by atoms with E-state index in [1.54, 1.807) is 0 Å². The SMILES string of the molecule is NCCCCc1nc(CSC2CCCC2)no1. The number of thioether (sulfide) groups is 1. The summed E-state index contributed by atoms with van der Waals surface area (Å²) < 4.78 is 5.21. The Morgan fingerprint density at radius 1 is 1.29 bits per heavy atom. The Kier molecular flexibility index (Phi) is 5.32. The Morgan fingerprint density at radius 2 is 2.12 bits per heavy atom. The van der Waals surface area contributed by atoms with Gasteiger partial charge in [0.05, 0.1) is 5.75 Å². The maximum absolute atomic E-state index is 5.45. The first-order valence-corrected chi connectivity index (χ1v) is 7.56. The molecule has 17 heavy (non-hydrogen) atoms. The van der Waals surface area contributed by atoms with E-state index < -0.39 is 0 Å². The van der Waals surface area contributed by atoms with E-state index in [4.69, 9.17) is 10.3 Å². The molecule has 1 aliphatic rings. The van der Waals surface area contributed by atoms with E-state index in [0.717, 1.165) is 48.5 Å². The summed E-state index contributed by atoms with van der Waals surface area (Å²) >= 11 is 1.97. The summed E-state index contributed by atoms with van der Waals surface area (Å²) in [7, 11) is 0. The first-order chi connectivity index (χ1) is 8.38. The minimum absolute atomic E-state index is 0.735. The van der Waals surface area contributed by atoms with Gasteiger partial charge in [-0.05, 0) is 32.2 Å². The Hall–Kier alpha value is -0.550. The van der Waals surface area contributed by atoms with Crippen molar-refractivity contribution in [2.75, 3.05) is 6.54 Å². The van der Waals surface area contributed by atoms with Crippen molar-refractivity contribution in [1.82, 2.24) is 10.1 Å². The molecule has 1 aliphatic carbocycles. The van der Waals surface area contributed by atoms with Crippen LogP contribution in [0.5, 0.6) is 0 Å². The lowest BCUT2D eigenvalue weighted by Crippen LogP contribution is -1.99. The molecule has 1 aromatic rings. The Bertz CT molecular complexity index is 323. The van der Waals surface area contributed by atoms with Gasteiger partial charge in [-0.2, -0.15) is 16.7 Å². The van der Waals surface area contributed by atoms with Crippen LogP contribution in [0.1, 0.15) is 50.2 Å². The van der Waals surface area contributed by atoms with Gasteiger partial charge >= 0.3 is 0 Å². The summed E-state index contributed by atoms with van der Waals surface area (Å²) in [4.78, 5) is 4.40. The Balaban J connectivity index is 1.69. The van der Waals surface area contributed by atoms with Crippen LogP contribution < -0.4 is 5.73 Å². The highest BCUT2D eigenvalue weighted by atomic mass is 32.2. The summed E-state index contributed by atoms with van der Waals surface area (Å²) in [6.45, 7) is 0.735. The van der Waals surface area contributed by atoms with Crippen LogP contribution in [-0.4, -0.2) is 21.9 Å². The van der Waals surface area contributed by atoms with Crippen LogP contribution in [0.4, 0.5) is 0 Å². The molecule has 0 unspecified atom stereocenters. The van der Waals surface area contributed by atoms with Gasteiger partial charge in [-0.25, -0.2) is 0 Å². The highest BCUT2D eigenvalue weighted by Crippen LogP contribution is 2.30. The van der Waals surface area contributed by atoms with Crippen molar-refractivity contribution in [1.29, 1.82) is 0 Å². The minimum atomic E-state index is 0.735. The average Bonchev–Trinajstić information content (AvgIpc) is 2.98. The number of rotatable bonds is 7. The van der Waals surface area contributed by atoms with Gasteiger partial charge in [0.2, 0.25) is 5.89 Å². The van der Waals surface area contributed by atoms with E-state index >= 15 is 0 Å². The van der Waals surface area contributed by atoms with Crippen molar-refractivity contribution < 1.29 is 4.52 Å². The molecule has 1 fully saturated rings. The molecule has 2 N–H and O–H groups in total. The predicted octanol–water partition coefficient (Wildman–Crippen LogP) is 2.53. The summed E-state index contributed by atoms with van der Waals surface area (Å²) in [6, 6.07) is 0. The molecule has 96 valence electrons. The van der Waals surface area contributed by atoms with Gasteiger partial charge in [-0.3, -0.25) is 0 Å². The molecule has 2 rings (SSSR count). The number of aromatic nitrogens is 2. The van der Waals surface area contributed by atoms with Crippen LogP contribution in [0, 0.1) is 0 Å². The van der Waals surface area contributed by atoms with E-state index in [1.807, 2.05) is 11.8 Å². The van der Waals surface area contributed by atoms with Crippen molar-refractivity contribution in [2.24, 2.45) is 5.73 Å². The van der Waals surface area contributed by atoms with Gasteiger partial charge in [0, 0.05) is 11.7 Å². The normalized spacial score (nSPS) is 16.8. The quantitative estimate of drug-likeness (QED) is 0.758. The zero-order valence-electron chi connectivity index (χ0n) is 10.2. The van der Waals surface area contributed by atoms with Crippen LogP contribution >= 0.6 is 11.8 Å². The maximum Gasteiger partial charge on any atom is 0.226 e. The van der Waals surface area contributed by atoms with Crippen molar-refractivity contribution >= 4 is 11.8 Å². The van der Waals surface area contributed by atoms with Gasteiger partial charge < -0.3 is 10.3 Å². The summed E-state index contributed by atoms with van der Waals surface area (Å²) in [5.74, 6) is 2.51. The molecule has 0 radical (unpaired) electrons. The van der Waals surface area contributed by atoms with Crippen LogP contribution in [0.3, 0.4) is 0 Å². The molecule has 0 spiro atoms. The molecule has 0 amide bonds. The summed E-state index contributed by atoms with van der Waals surface area (Å²) in [5.41, 5.74) is 5.45. The third-order valence-electron chi connectivity index (χ3n) is 3.11. The zero-order valence-corrected chi connectivity index (χ0v) is 11.0. The van der Waals surface area contributed by atoms with Crippen molar-refractivity contribution in [3.63, 3.8) is 0 Å². The number of hydrogen-bond donors (Lipinski definition) is 1. The number of nitrogens with zero attached hydrogens (tertiary/aromatic N) is 2. The molecule has 0 aromatic carbocycles. The van der Waals surface area contributed by atoms with E-state index in [2.05, 4.69) is 10.1 Å². The second-order valence-electron chi connectivity index (χ2n) is 4.57. The second kappa shape index (κ2) is 7.01. The summed E-state index contributed by atoms with van der Waals surface area (Å²) in [6.07, 6.45) is 8.39. The van der Waals surface area contributed by atoms with Crippen LogP contribution in [-0.2, 0) is 12.2 Å². The lowest BCUT2D eigenvalue weighted by Gasteiger charge is -2.04. The van der Waals surface area contributed by atoms with E-state index in [0.29, 0.717) is 0 Å². The van der Waals surface area contributed by atoms with Crippen LogP contribution in [0.2, 0.25) is 0 Å². The molecule has 4 nitrogen and oxygen atoms in total. The largest absolute Gasteiger partial charge is 0.339 e. The molecule has 0 atom stereocenters. The lowest BCUT2D eigenvalue weighted by atomic mass is 10.2. The highest BCUT2D eigenvalue weighted by molar-refractivity contribution is 7.99. The maximum atomic E-state index is 5.45. The average molecular weight is 255 g/mol.